The number of benzene rings is 1. The molecule has 2 heterocycles. The van der Waals surface area contributed by atoms with Gasteiger partial charge >= 0.3 is 5.97 Å². The Bertz CT molecular complexity index is 757. The van der Waals surface area contributed by atoms with E-state index >= 15 is 0 Å². The summed E-state index contributed by atoms with van der Waals surface area (Å²) in [7, 11) is 1.39. The lowest BCUT2D eigenvalue weighted by molar-refractivity contribution is -0.906. The number of methoxy groups -OCH3 is 1. The third-order valence-corrected chi connectivity index (χ3v) is 5.57. The summed E-state index contributed by atoms with van der Waals surface area (Å²) in [5.74, 6) is -0.357. The summed E-state index contributed by atoms with van der Waals surface area (Å²) < 4.78 is 11.3. The van der Waals surface area contributed by atoms with Crippen LogP contribution >= 0.6 is 23.6 Å². The van der Waals surface area contributed by atoms with Crippen LogP contribution in [0.4, 0.5) is 5.69 Å². The van der Waals surface area contributed by atoms with Crippen molar-refractivity contribution in [2.24, 2.45) is 0 Å². The Morgan fingerprint density at radius 1 is 1.36 bits per heavy atom. The Morgan fingerprint density at radius 3 is 2.88 bits per heavy atom. The summed E-state index contributed by atoms with van der Waals surface area (Å²) in [6, 6.07) is 7.85. The van der Waals surface area contributed by atoms with Crippen molar-refractivity contribution in [3.05, 3.63) is 29.1 Å². The number of ether oxygens (including phenoxy) is 2. The maximum absolute atomic E-state index is 12.1. The summed E-state index contributed by atoms with van der Waals surface area (Å²) >= 11 is 6.81. The smallest absolute Gasteiger partial charge is 0.350 e. The van der Waals surface area contributed by atoms with E-state index < -0.39 is 0 Å². The highest BCUT2D eigenvalue weighted by Crippen LogP contribution is 2.36. The molecule has 1 aliphatic rings. The maximum Gasteiger partial charge on any atom is 0.350 e. The number of anilines is 1. The van der Waals surface area contributed by atoms with Gasteiger partial charge in [0.15, 0.2) is 5.11 Å². The number of thiophene rings is 1. The molecule has 3 N–H and O–H groups in total. The lowest BCUT2D eigenvalue weighted by Gasteiger charge is -2.24. The predicted octanol–water partition coefficient (Wildman–Crippen LogP) is 0.889. The molecule has 25 heavy (non-hydrogen) atoms. The first-order valence-electron chi connectivity index (χ1n) is 8.25. The second kappa shape index (κ2) is 8.57. The molecule has 1 aromatic carbocycles. The van der Waals surface area contributed by atoms with Crippen LogP contribution in [0.2, 0.25) is 0 Å². The van der Waals surface area contributed by atoms with Gasteiger partial charge in [-0.05, 0) is 18.3 Å². The SMILES string of the molecule is COC(=O)c1sc2ccccc2c1NC(=S)NCC[NH+]1CCOCC1. The number of morpholine rings is 1. The fourth-order valence-corrected chi connectivity index (χ4v) is 4.11. The first kappa shape index (κ1) is 18.1. The van der Waals surface area contributed by atoms with Gasteiger partial charge < -0.3 is 25.0 Å². The maximum atomic E-state index is 12.1. The molecule has 1 saturated heterocycles. The van der Waals surface area contributed by atoms with E-state index in [9.17, 15) is 4.79 Å². The zero-order valence-corrected chi connectivity index (χ0v) is 15.7. The van der Waals surface area contributed by atoms with Crippen LogP contribution in [-0.4, -0.2) is 57.6 Å². The van der Waals surface area contributed by atoms with Gasteiger partial charge in [-0.2, -0.15) is 0 Å². The van der Waals surface area contributed by atoms with Crippen LogP contribution in [0.5, 0.6) is 0 Å². The van der Waals surface area contributed by atoms with Crippen molar-refractivity contribution >= 4 is 50.4 Å². The van der Waals surface area contributed by atoms with E-state index in [-0.39, 0.29) is 5.97 Å². The van der Waals surface area contributed by atoms with Gasteiger partial charge in [-0.15, -0.1) is 11.3 Å². The third-order valence-electron chi connectivity index (χ3n) is 4.17. The van der Waals surface area contributed by atoms with E-state index in [1.807, 2.05) is 24.3 Å². The van der Waals surface area contributed by atoms with Crippen molar-refractivity contribution in [2.75, 3.05) is 51.8 Å². The monoisotopic (exact) mass is 380 g/mol. The highest BCUT2D eigenvalue weighted by atomic mass is 32.1. The number of quaternary nitrogens is 1. The van der Waals surface area contributed by atoms with Crippen molar-refractivity contribution in [1.29, 1.82) is 0 Å². The molecule has 1 fully saturated rings. The van der Waals surface area contributed by atoms with Crippen molar-refractivity contribution < 1.29 is 19.2 Å². The van der Waals surface area contributed by atoms with Crippen LogP contribution in [0.15, 0.2) is 24.3 Å². The molecule has 0 radical (unpaired) electrons. The highest BCUT2D eigenvalue weighted by Gasteiger charge is 2.20. The van der Waals surface area contributed by atoms with Crippen molar-refractivity contribution in [2.45, 2.75) is 0 Å². The number of hydrogen-bond acceptors (Lipinski definition) is 5. The Morgan fingerprint density at radius 2 is 2.12 bits per heavy atom. The molecule has 0 bridgehead atoms. The molecule has 1 aliphatic heterocycles. The van der Waals surface area contributed by atoms with Gasteiger partial charge in [0, 0.05) is 10.1 Å². The molecule has 134 valence electrons. The van der Waals surface area contributed by atoms with Crippen molar-refractivity contribution in [1.82, 2.24) is 5.32 Å². The molecule has 2 aromatic rings. The van der Waals surface area contributed by atoms with Gasteiger partial charge in [-0.3, -0.25) is 0 Å². The lowest BCUT2D eigenvalue weighted by atomic mass is 10.2. The molecule has 8 heteroatoms. The number of carbonyl (C=O) groups excluding carboxylic acids is 1. The number of rotatable bonds is 5. The molecule has 0 amide bonds. The number of fused-ring (bicyclic) bond motifs is 1. The van der Waals surface area contributed by atoms with Gasteiger partial charge in [0.2, 0.25) is 0 Å². The zero-order chi connectivity index (χ0) is 17.6. The summed E-state index contributed by atoms with van der Waals surface area (Å²) in [4.78, 5) is 14.1. The first-order chi connectivity index (χ1) is 12.2. The molecular weight excluding hydrogens is 358 g/mol. The van der Waals surface area contributed by atoms with Gasteiger partial charge in [0.25, 0.3) is 0 Å². The lowest BCUT2D eigenvalue weighted by Crippen LogP contribution is -3.14. The second-order valence-corrected chi connectivity index (χ2v) is 7.25. The van der Waals surface area contributed by atoms with E-state index in [0.717, 1.165) is 49.5 Å². The summed E-state index contributed by atoms with van der Waals surface area (Å²) in [6.45, 7) is 5.46. The Labute approximate surface area is 156 Å². The highest BCUT2D eigenvalue weighted by molar-refractivity contribution is 7.80. The summed E-state index contributed by atoms with van der Waals surface area (Å²) in [5.41, 5.74) is 0.712. The zero-order valence-electron chi connectivity index (χ0n) is 14.1. The number of carbonyl (C=O) groups is 1. The summed E-state index contributed by atoms with van der Waals surface area (Å²) in [6.07, 6.45) is 0. The fourth-order valence-electron chi connectivity index (χ4n) is 2.83. The standard InChI is InChI=1S/C17H21N3O3S2/c1-22-16(21)15-14(12-4-2-3-5-13(12)25-15)19-17(24)18-6-7-20-8-10-23-11-9-20/h2-5H,6-11H2,1H3,(H2,18,19,24)/p+1. The van der Waals surface area contributed by atoms with Crippen molar-refractivity contribution in [3.8, 4) is 0 Å². The Hall–Kier alpha value is -1.74. The van der Waals surface area contributed by atoms with E-state index in [2.05, 4.69) is 10.6 Å². The van der Waals surface area contributed by atoms with Crippen LogP contribution in [0.3, 0.4) is 0 Å². The van der Waals surface area contributed by atoms with Crippen molar-refractivity contribution in [3.63, 3.8) is 0 Å². The van der Waals surface area contributed by atoms with Crippen LogP contribution < -0.4 is 15.5 Å². The Balaban J connectivity index is 1.64. The van der Waals surface area contributed by atoms with Crippen LogP contribution in [0, 0.1) is 0 Å². The number of nitrogens with one attached hydrogen (secondary N) is 3. The van der Waals surface area contributed by atoms with Crippen LogP contribution in [0.1, 0.15) is 9.67 Å². The quantitative estimate of drug-likeness (QED) is 0.529. The second-order valence-electron chi connectivity index (χ2n) is 5.79. The molecule has 0 atom stereocenters. The molecule has 3 rings (SSSR count). The Kier molecular flexibility index (Phi) is 6.19. The predicted molar refractivity (Wildman–Crippen MR) is 104 cm³/mol. The molecule has 0 spiro atoms. The van der Waals surface area contributed by atoms with Gasteiger partial charge in [-0.25, -0.2) is 4.79 Å². The molecular formula is C17H22N3O3S2+. The minimum absolute atomic E-state index is 0.357. The minimum atomic E-state index is -0.357. The summed E-state index contributed by atoms with van der Waals surface area (Å²) in [5, 5.41) is 7.89. The number of thiocarbonyl (C=S) groups is 1. The van der Waals surface area contributed by atoms with E-state index in [1.165, 1.54) is 23.3 Å². The number of esters is 1. The van der Waals surface area contributed by atoms with Gasteiger partial charge in [0.1, 0.15) is 18.0 Å². The normalized spacial score (nSPS) is 15.1. The van der Waals surface area contributed by atoms with E-state index in [0.29, 0.717) is 15.7 Å². The average Bonchev–Trinajstić information content (AvgIpc) is 3.00. The third kappa shape index (κ3) is 4.46. The first-order valence-corrected chi connectivity index (χ1v) is 9.47. The van der Waals surface area contributed by atoms with Crippen LogP contribution in [-0.2, 0) is 9.47 Å². The molecule has 0 unspecified atom stereocenters. The molecule has 0 aliphatic carbocycles. The topological polar surface area (TPSA) is 64.0 Å². The number of hydrogen-bond donors (Lipinski definition) is 3. The van der Waals surface area contributed by atoms with Gasteiger partial charge in [-0.1, -0.05) is 18.2 Å². The largest absolute Gasteiger partial charge is 0.465 e. The van der Waals surface area contributed by atoms with E-state index in [4.69, 9.17) is 21.7 Å². The molecule has 6 nitrogen and oxygen atoms in total. The molecule has 1 aromatic heterocycles. The fraction of sp³-hybridized carbons (Fsp3) is 0.412. The van der Waals surface area contributed by atoms with Gasteiger partial charge in [0.05, 0.1) is 39.1 Å². The molecule has 0 saturated carbocycles. The van der Waals surface area contributed by atoms with E-state index in [1.54, 1.807) is 0 Å². The van der Waals surface area contributed by atoms with Crippen LogP contribution in [0.25, 0.3) is 10.1 Å². The average molecular weight is 381 g/mol. The minimum Gasteiger partial charge on any atom is -0.465 e.